The molecule has 1 unspecified atom stereocenters. The first kappa shape index (κ1) is 19.3. The molecule has 2 aliphatic heterocycles. The van der Waals surface area contributed by atoms with Gasteiger partial charge in [0.1, 0.15) is 11.9 Å². The second-order valence-corrected chi connectivity index (χ2v) is 7.26. The van der Waals surface area contributed by atoms with Crippen molar-refractivity contribution in [1.82, 2.24) is 4.90 Å². The summed E-state index contributed by atoms with van der Waals surface area (Å²) in [4.78, 5) is 11.4. The van der Waals surface area contributed by atoms with E-state index in [9.17, 15) is 13.2 Å². The van der Waals surface area contributed by atoms with Crippen LogP contribution in [-0.2, 0) is 4.79 Å². The zero-order valence-electron chi connectivity index (χ0n) is 13.1. The largest absolute Gasteiger partial charge is 0.490 e. The molecule has 0 saturated carbocycles. The Hall–Kier alpha value is -1.03. The van der Waals surface area contributed by atoms with E-state index in [2.05, 4.69) is 58.8 Å². The fourth-order valence-corrected chi connectivity index (χ4v) is 3.52. The van der Waals surface area contributed by atoms with E-state index in [0.717, 1.165) is 17.8 Å². The van der Waals surface area contributed by atoms with Crippen LogP contribution in [0.5, 0.6) is 5.75 Å². The van der Waals surface area contributed by atoms with Crippen molar-refractivity contribution in [2.75, 3.05) is 7.05 Å². The van der Waals surface area contributed by atoms with Crippen molar-refractivity contribution in [3.8, 4) is 5.75 Å². The minimum absolute atomic E-state index is 0.420. The lowest BCUT2D eigenvalue weighted by molar-refractivity contribution is -0.192. The minimum atomic E-state index is -5.08. The molecule has 134 valence electrons. The lowest BCUT2D eigenvalue weighted by Gasteiger charge is -2.36. The molecular weight excluding hydrogens is 438 g/mol. The molecule has 3 atom stereocenters. The van der Waals surface area contributed by atoms with Crippen molar-refractivity contribution >= 4 is 28.6 Å². The summed E-state index contributed by atoms with van der Waals surface area (Å²) in [5.74, 6) is -1.73. The quantitative estimate of drug-likeness (QED) is 0.685. The molecule has 4 nitrogen and oxygen atoms in total. The summed E-state index contributed by atoms with van der Waals surface area (Å²) in [5, 5.41) is 7.12. The molecule has 2 bridgehead atoms. The Balaban J connectivity index is 0.000000256. The molecular formula is C16H19F3INO3. The highest BCUT2D eigenvalue weighted by molar-refractivity contribution is 14.1. The van der Waals surface area contributed by atoms with Crippen LogP contribution in [0.25, 0.3) is 0 Å². The molecule has 8 heteroatoms. The molecule has 0 spiro atoms. The Bertz CT molecular complexity index is 551. The molecule has 1 aromatic carbocycles. The van der Waals surface area contributed by atoms with E-state index < -0.39 is 12.1 Å². The number of nitrogens with zero attached hydrogens (tertiary/aromatic N) is 1. The summed E-state index contributed by atoms with van der Waals surface area (Å²) >= 11 is 2.32. The number of piperidine rings is 1. The zero-order chi connectivity index (χ0) is 17.9. The fourth-order valence-electron chi connectivity index (χ4n) is 3.16. The molecule has 2 heterocycles. The predicted octanol–water partition coefficient (Wildman–Crippen LogP) is 3.93. The van der Waals surface area contributed by atoms with Gasteiger partial charge < -0.3 is 14.7 Å². The predicted molar refractivity (Wildman–Crippen MR) is 91.1 cm³/mol. The highest BCUT2D eigenvalue weighted by atomic mass is 127. The van der Waals surface area contributed by atoms with Gasteiger partial charge in [-0.15, -0.1) is 0 Å². The van der Waals surface area contributed by atoms with Crippen LogP contribution in [-0.4, -0.2) is 47.4 Å². The number of halogens is 4. The second kappa shape index (κ2) is 7.90. The maximum atomic E-state index is 10.6. The number of alkyl halides is 3. The molecule has 24 heavy (non-hydrogen) atoms. The van der Waals surface area contributed by atoms with Gasteiger partial charge in [-0.2, -0.15) is 13.2 Å². The molecule has 1 aromatic rings. The minimum Gasteiger partial charge on any atom is -0.490 e. The first-order valence-electron chi connectivity index (χ1n) is 7.61. The molecule has 2 saturated heterocycles. The van der Waals surface area contributed by atoms with Crippen LogP contribution >= 0.6 is 22.6 Å². The van der Waals surface area contributed by atoms with Gasteiger partial charge in [-0.05, 0) is 79.6 Å². The highest BCUT2D eigenvalue weighted by Gasteiger charge is 2.39. The van der Waals surface area contributed by atoms with Crippen LogP contribution in [0.3, 0.4) is 0 Å². The van der Waals surface area contributed by atoms with Crippen LogP contribution in [0.4, 0.5) is 13.2 Å². The third-order valence-corrected chi connectivity index (χ3v) is 5.13. The van der Waals surface area contributed by atoms with E-state index in [0.29, 0.717) is 6.10 Å². The van der Waals surface area contributed by atoms with Gasteiger partial charge in [0.25, 0.3) is 0 Å². The number of benzene rings is 1. The van der Waals surface area contributed by atoms with Crippen molar-refractivity contribution in [3.05, 3.63) is 27.8 Å². The topological polar surface area (TPSA) is 49.8 Å². The number of fused-ring (bicyclic) bond motifs is 2. The number of carboxylic acids is 1. The number of hydrogen-bond donors (Lipinski definition) is 1. The summed E-state index contributed by atoms with van der Waals surface area (Å²) in [5.41, 5.74) is 0. The average molecular weight is 457 g/mol. The number of ether oxygens (including phenoxy) is 1. The van der Waals surface area contributed by atoms with Crippen LogP contribution < -0.4 is 4.74 Å². The van der Waals surface area contributed by atoms with Crippen molar-refractivity contribution in [2.45, 2.75) is 50.0 Å². The average Bonchev–Trinajstić information content (AvgIpc) is 2.72. The monoisotopic (exact) mass is 457 g/mol. The van der Waals surface area contributed by atoms with E-state index in [4.69, 9.17) is 14.6 Å². The highest BCUT2D eigenvalue weighted by Crippen LogP contribution is 2.35. The third kappa shape index (κ3) is 5.23. The Labute approximate surface area is 152 Å². The first-order valence-corrected chi connectivity index (χ1v) is 8.69. The van der Waals surface area contributed by atoms with E-state index in [1.165, 1.54) is 29.3 Å². The molecule has 2 fully saturated rings. The Morgan fingerprint density at radius 3 is 2.08 bits per heavy atom. The molecule has 3 rings (SSSR count). The standard InChI is InChI=1S/C14H18INO.C2HF3O2/c1-16-11-4-5-12(16)9-14(8-11)17-13-6-2-10(15)3-7-13;3-2(4,5)1(6)7/h2-3,6-7,11-12,14H,4-5,8-9H2,1H3;(H,6,7)/t11-,12+,14?;. The Kier molecular flexibility index (Phi) is 6.35. The van der Waals surface area contributed by atoms with Gasteiger partial charge >= 0.3 is 12.1 Å². The van der Waals surface area contributed by atoms with E-state index in [1.54, 1.807) is 0 Å². The molecule has 1 N–H and O–H groups in total. The number of carboxylic acid groups (broad SMARTS) is 1. The maximum Gasteiger partial charge on any atom is 0.490 e. The van der Waals surface area contributed by atoms with Gasteiger partial charge in [-0.3, -0.25) is 0 Å². The summed E-state index contributed by atoms with van der Waals surface area (Å²) in [7, 11) is 2.27. The van der Waals surface area contributed by atoms with E-state index in [1.807, 2.05) is 0 Å². The second-order valence-electron chi connectivity index (χ2n) is 6.02. The summed E-state index contributed by atoms with van der Waals surface area (Å²) < 4.78 is 39.1. The maximum absolute atomic E-state index is 10.6. The van der Waals surface area contributed by atoms with Crippen LogP contribution in [0.1, 0.15) is 25.7 Å². The number of rotatable bonds is 2. The van der Waals surface area contributed by atoms with Crippen LogP contribution in [0.15, 0.2) is 24.3 Å². The van der Waals surface area contributed by atoms with Crippen molar-refractivity contribution < 1.29 is 27.8 Å². The normalized spacial score (nSPS) is 26.5. The third-order valence-electron chi connectivity index (χ3n) is 4.41. The zero-order valence-corrected chi connectivity index (χ0v) is 15.3. The Morgan fingerprint density at radius 1 is 1.21 bits per heavy atom. The van der Waals surface area contributed by atoms with Gasteiger partial charge in [-0.1, -0.05) is 0 Å². The van der Waals surface area contributed by atoms with Gasteiger partial charge in [0.2, 0.25) is 0 Å². The lowest BCUT2D eigenvalue weighted by Crippen LogP contribution is -2.43. The molecule has 2 aliphatic rings. The van der Waals surface area contributed by atoms with Crippen molar-refractivity contribution in [1.29, 1.82) is 0 Å². The fraction of sp³-hybridized carbons (Fsp3) is 0.562. The molecule has 0 aliphatic carbocycles. The summed E-state index contributed by atoms with van der Waals surface area (Å²) in [6.07, 6.45) is 0.433. The van der Waals surface area contributed by atoms with Gasteiger partial charge in [0.15, 0.2) is 0 Å². The molecule has 0 radical (unpaired) electrons. The van der Waals surface area contributed by atoms with Gasteiger partial charge in [-0.25, -0.2) is 4.79 Å². The SMILES string of the molecule is CN1[C@@H]2CC[C@H]1CC(Oc1ccc(I)cc1)C2.O=C(O)C(F)(F)F. The van der Waals surface area contributed by atoms with E-state index >= 15 is 0 Å². The molecule has 0 amide bonds. The summed E-state index contributed by atoms with van der Waals surface area (Å²) in [6.45, 7) is 0. The summed E-state index contributed by atoms with van der Waals surface area (Å²) in [6, 6.07) is 9.90. The van der Waals surface area contributed by atoms with E-state index in [-0.39, 0.29) is 0 Å². The Morgan fingerprint density at radius 2 is 1.67 bits per heavy atom. The number of aliphatic carboxylic acids is 1. The van der Waals surface area contributed by atoms with Crippen LogP contribution in [0.2, 0.25) is 0 Å². The van der Waals surface area contributed by atoms with Gasteiger partial charge in [0.05, 0.1) is 0 Å². The number of carbonyl (C=O) groups is 1. The van der Waals surface area contributed by atoms with Crippen molar-refractivity contribution in [3.63, 3.8) is 0 Å². The first-order chi connectivity index (χ1) is 11.2. The van der Waals surface area contributed by atoms with Crippen LogP contribution in [0, 0.1) is 3.57 Å². The van der Waals surface area contributed by atoms with Gasteiger partial charge in [0, 0.05) is 15.7 Å². The lowest BCUT2D eigenvalue weighted by atomic mass is 10.0. The molecule has 0 aromatic heterocycles. The number of hydrogen-bond acceptors (Lipinski definition) is 3. The smallest absolute Gasteiger partial charge is 0.490 e. The van der Waals surface area contributed by atoms with Crippen molar-refractivity contribution in [2.24, 2.45) is 0 Å².